The molecular weight excluding hydrogens is 139 g/mol. The predicted molar refractivity (Wildman–Crippen MR) is 36.0 cm³/mol. The summed E-state index contributed by atoms with van der Waals surface area (Å²) in [5.74, 6) is 0.854. The highest BCUT2D eigenvalue weighted by molar-refractivity contribution is 7.55. The van der Waals surface area contributed by atoms with Gasteiger partial charge in [-0.25, -0.2) is 0 Å². The average Bonchev–Trinajstić information content (AvgIpc) is 1.63. The molecule has 3 nitrogen and oxygen atoms in total. The van der Waals surface area contributed by atoms with Crippen LogP contribution >= 0.6 is 7.60 Å². The van der Waals surface area contributed by atoms with Crippen LogP contribution in [0.1, 0.15) is 6.92 Å². The van der Waals surface area contributed by atoms with E-state index in [1.807, 2.05) is 0 Å². The Balaban J connectivity index is 3.86. The van der Waals surface area contributed by atoms with E-state index in [4.69, 9.17) is 9.79 Å². The molecule has 0 aliphatic heterocycles. The molecule has 0 amide bonds. The predicted octanol–water partition coefficient (Wildman–Crippen LogP) is 1.25. The highest BCUT2D eigenvalue weighted by atomic mass is 31.2. The maximum Gasteiger partial charge on any atom is 0.349 e. The lowest BCUT2D eigenvalue weighted by Crippen LogP contribution is -1.66. The van der Waals surface area contributed by atoms with Crippen molar-refractivity contribution in [2.75, 3.05) is 0 Å². The Labute approximate surface area is 53.9 Å². The van der Waals surface area contributed by atoms with E-state index in [1.54, 1.807) is 19.1 Å². The van der Waals surface area contributed by atoms with Crippen molar-refractivity contribution < 1.29 is 14.4 Å². The molecule has 0 atom stereocenters. The summed E-state index contributed by atoms with van der Waals surface area (Å²) in [4.78, 5) is 16.5. The van der Waals surface area contributed by atoms with Crippen LogP contribution in [0.25, 0.3) is 0 Å². The van der Waals surface area contributed by atoms with Crippen LogP contribution in [-0.4, -0.2) is 9.79 Å². The van der Waals surface area contributed by atoms with Crippen molar-refractivity contribution in [2.45, 2.75) is 6.92 Å². The quantitative estimate of drug-likeness (QED) is 0.457. The highest BCUT2D eigenvalue weighted by Crippen LogP contribution is 2.35. The van der Waals surface area contributed by atoms with Gasteiger partial charge in [-0.3, -0.25) is 4.57 Å². The van der Waals surface area contributed by atoms with Crippen molar-refractivity contribution in [3.63, 3.8) is 0 Å². The van der Waals surface area contributed by atoms with Gasteiger partial charge in [0.15, 0.2) is 0 Å². The lowest BCUT2D eigenvalue weighted by Gasteiger charge is -1.90. The first kappa shape index (κ1) is 8.63. The van der Waals surface area contributed by atoms with Gasteiger partial charge < -0.3 is 9.79 Å². The molecule has 4 heteroatoms. The van der Waals surface area contributed by atoms with Crippen LogP contribution in [0.15, 0.2) is 24.0 Å². The van der Waals surface area contributed by atoms with Gasteiger partial charge in [-0.1, -0.05) is 18.2 Å². The van der Waals surface area contributed by atoms with Crippen LogP contribution < -0.4 is 0 Å². The Morgan fingerprint density at radius 2 is 1.89 bits per heavy atom. The molecule has 0 aliphatic carbocycles. The number of rotatable bonds is 2. The molecule has 0 saturated carbocycles. The van der Waals surface area contributed by atoms with Gasteiger partial charge in [-0.2, -0.15) is 0 Å². The van der Waals surface area contributed by atoms with Crippen LogP contribution in [0.3, 0.4) is 0 Å². The molecule has 0 aliphatic rings. The summed E-state index contributed by atoms with van der Waals surface area (Å²) in [6.45, 7) is 1.77. The highest BCUT2D eigenvalue weighted by Gasteiger charge is 2.02. The van der Waals surface area contributed by atoms with E-state index in [-0.39, 0.29) is 0 Å². The van der Waals surface area contributed by atoms with E-state index >= 15 is 0 Å². The molecule has 0 spiro atoms. The van der Waals surface area contributed by atoms with E-state index in [0.29, 0.717) is 0 Å². The molecule has 0 radical (unpaired) electrons. The second-order valence-electron chi connectivity index (χ2n) is 1.46. The van der Waals surface area contributed by atoms with E-state index in [2.05, 4.69) is 0 Å². The zero-order valence-electron chi connectivity index (χ0n) is 5.06. The Bertz CT molecular complexity index is 165. The largest absolute Gasteiger partial charge is 0.349 e. The van der Waals surface area contributed by atoms with Crippen LogP contribution in [0.2, 0.25) is 0 Å². The van der Waals surface area contributed by atoms with Gasteiger partial charge in [0.25, 0.3) is 0 Å². The van der Waals surface area contributed by atoms with Crippen LogP contribution in [0.5, 0.6) is 0 Å². The molecular formula is C5H9O3P. The number of hydrogen-bond acceptors (Lipinski definition) is 1. The van der Waals surface area contributed by atoms with Gasteiger partial charge in [0.1, 0.15) is 0 Å². The van der Waals surface area contributed by atoms with Crippen molar-refractivity contribution in [3.05, 3.63) is 24.0 Å². The molecule has 0 bridgehead atoms. The van der Waals surface area contributed by atoms with Crippen LogP contribution in [0.4, 0.5) is 0 Å². The molecule has 0 heterocycles. The molecule has 0 aromatic carbocycles. The van der Waals surface area contributed by atoms with Crippen molar-refractivity contribution in [1.82, 2.24) is 0 Å². The Kier molecular flexibility index (Phi) is 3.47. The third-order valence-electron chi connectivity index (χ3n) is 0.584. The smallest absolute Gasteiger partial charge is 0.321 e. The van der Waals surface area contributed by atoms with Gasteiger partial charge in [0.05, 0.1) is 0 Å². The zero-order chi connectivity index (χ0) is 7.33. The normalized spacial score (nSPS) is 13.7. The standard InChI is InChI=1S/C5H9O3P/c1-2-3-4-5-9(6,7)8/h2-5H,1H3,(H2,6,7,8)/b3-2?,5-4+. The maximum absolute atomic E-state index is 10.1. The third kappa shape index (κ3) is 7.63. The summed E-state index contributed by atoms with van der Waals surface area (Å²) < 4.78 is 10.1. The second kappa shape index (κ2) is 3.62. The topological polar surface area (TPSA) is 57.5 Å². The summed E-state index contributed by atoms with van der Waals surface area (Å²) in [5.41, 5.74) is 0. The fraction of sp³-hybridized carbons (Fsp3) is 0.200. The molecule has 52 valence electrons. The molecule has 0 aromatic heterocycles. The first-order valence-corrected chi connectivity index (χ1v) is 4.10. The van der Waals surface area contributed by atoms with E-state index in [1.165, 1.54) is 6.08 Å². The molecule has 0 rings (SSSR count). The first-order chi connectivity index (χ1) is 4.06. The van der Waals surface area contributed by atoms with Crippen LogP contribution in [0, 0.1) is 0 Å². The van der Waals surface area contributed by atoms with Crippen molar-refractivity contribution in [3.8, 4) is 0 Å². The molecule has 9 heavy (non-hydrogen) atoms. The fourth-order valence-corrected chi connectivity index (χ4v) is 0.597. The van der Waals surface area contributed by atoms with Gasteiger partial charge in [-0.05, 0) is 6.92 Å². The molecule has 2 N–H and O–H groups in total. The SMILES string of the molecule is CC=C/C=C/P(=O)(O)O. The average molecular weight is 148 g/mol. The van der Waals surface area contributed by atoms with Gasteiger partial charge in [0.2, 0.25) is 0 Å². The fourth-order valence-electron chi connectivity index (χ4n) is 0.273. The van der Waals surface area contributed by atoms with Crippen molar-refractivity contribution >= 4 is 7.60 Å². The molecule has 0 unspecified atom stereocenters. The minimum absolute atomic E-state index is 0.854. The first-order valence-electron chi connectivity index (χ1n) is 2.42. The van der Waals surface area contributed by atoms with Crippen LogP contribution in [-0.2, 0) is 4.57 Å². The van der Waals surface area contributed by atoms with Gasteiger partial charge >= 0.3 is 7.60 Å². The minimum Gasteiger partial charge on any atom is -0.321 e. The second-order valence-corrected chi connectivity index (χ2v) is 2.93. The minimum atomic E-state index is -3.93. The maximum atomic E-state index is 10.1. The molecule has 0 saturated heterocycles. The van der Waals surface area contributed by atoms with E-state index < -0.39 is 7.60 Å². The summed E-state index contributed by atoms with van der Waals surface area (Å²) in [6.07, 6.45) is 4.56. The summed E-state index contributed by atoms with van der Waals surface area (Å²) in [5, 5.41) is 0. The zero-order valence-corrected chi connectivity index (χ0v) is 5.95. The summed E-state index contributed by atoms with van der Waals surface area (Å²) in [6, 6.07) is 0. The van der Waals surface area contributed by atoms with Gasteiger partial charge in [0, 0.05) is 5.82 Å². The van der Waals surface area contributed by atoms with Crippen molar-refractivity contribution in [2.24, 2.45) is 0 Å². The Morgan fingerprint density at radius 3 is 2.22 bits per heavy atom. The third-order valence-corrected chi connectivity index (χ3v) is 1.14. The molecule has 0 fully saturated rings. The number of hydrogen-bond donors (Lipinski definition) is 2. The Morgan fingerprint density at radius 1 is 1.33 bits per heavy atom. The van der Waals surface area contributed by atoms with Gasteiger partial charge in [-0.15, -0.1) is 0 Å². The number of allylic oxidation sites excluding steroid dienone is 3. The Hall–Kier alpha value is -0.370. The summed E-state index contributed by atoms with van der Waals surface area (Å²) in [7, 11) is -3.93. The lowest BCUT2D eigenvalue weighted by molar-refractivity contribution is 0.386. The van der Waals surface area contributed by atoms with Crippen molar-refractivity contribution in [1.29, 1.82) is 0 Å². The lowest BCUT2D eigenvalue weighted by atomic mass is 10.5. The molecule has 0 aromatic rings. The van der Waals surface area contributed by atoms with E-state index in [9.17, 15) is 4.57 Å². The summed E-state index contributed by atoms with van der Waals surface area (Å²) >= 11 is 0. The van der Waals surface area contributed by atoms with E-state index in [0.717, 1.165) is 5.82 Å². The monoisotopic (exact) mass is 148 g/mol.